The van der Waals surface area contributed by atoms with Crippen LogP contribution in [0.5, 0.6) is 0 Å². The molecule has 0 bridgehead atoms. The maximum absolute atomic E-state index is 14.5. The van der Waals surface area contributed by atoms with Crippen molar-refractivity contribution in [2.45, 2.75) is 26.3 Å². The van der Waals surface area contributed by atoms with E-state index in [9.17, 15) is 14.0 Å². The van der Waals surface area contributed by atoms with Crippen LogP contribution in [0.2, 0.25) is 10.0 Å². The van der Waals surface area contributed by atoms with Gasteiger partial charge < -0.3 is 20.3 Å². The zero-order valence-corrected chi connectivity index (χ0v) is 19.4. The molecule has 4 rings (SSSR count). The fourth-order valence-electron chi connectivity index (χ4n) is 4.07. The second-order valence-electron chi connectivity index (χ2n) is 7.63. The number of pyridine rings is 1. The predicted molar refractivity (Wildman–Crippen MR) is 127 cm³/mol. The van der Waals surface area contributed by atoms with Crippen LogP contribution >= 0.6 is 23.2 Å². The summed E-state index contributed by atoms with van der Waals surface area (Å²) < 4.78 is 14.5. The molecule has 1 atom stereocenters. The lowest BCUT2D eigenvalue weighted by Gasteiger charge is -2.36. The fourth-order valence-corrected chi connectivity index (χ4v) is 4.77. The number of halogens is 3. The van der Waals surface area contributed by atoms with E-state index < -0.39 is 5.82 Å². The summed E-state index contributed by atoms with van der Waals surface area (Å²) in [5, 5.41) is 11.8. The number of aryl methyl sites for hydroxylation is 1. The standard InChI is InChI=1S/C22H20Cl2FN3O2.CH2O2/c1-11-5-14-7-19(18(25)9-16(14)22(30)27-11)26-10-20(29)28-4-3-13-6-15(23)8-17(24)21(13)12(28)2;2-1-3/h5-9,12,26H,3-4,10H2,1-2H3,(H,27,30);1H,(H,2,3). The van der Waals surface area contributed by atoms with Gasteiger partial charge in [0.15, 0.2) is 0 Å². The summed E-state index contributed by atoms with van der Waals surface area (Å²) in [7, 11) is 0. The SMILES string of the molecule is Cc1cc2cc(NCC(=O)N3CCc4cc(Cl)cc(Cl)c4C3C)c(F)cc2c(=O)[nH]1.O=CO. The molecule has 0 fully saturated rings. The van der Waals surface area contributed by atoms with Crippen LogP contribution in [-0.4, -0.2) is 40.5 Å². The molecular weight excluding hydrogens is 472 g/mol. The van der Waals surface area contributed by atoms with Gasteiger partial charge in [-0.05, 0) is 67.1 Å². The maximum atomic E-state index is 14.5. The van der Waals surface area contributed by atoms with Crippen molar-refractivity contribution in [1.29, 1.82) is 0 Å². The molecule has 10 heteroatoms. The van der Waals surface area contributed by atoms with Crippen LogP contribution in [0.1, 0.15) is 29.8 Å². The van der Waals surface area contributed by atoms with E-state index in [1.165, 1.54) is 6.07 Å². The number of nitrogens with one attached hydrogen (secondary N) is 2. The quantitative estimate of drug-likeness (QED) is 0.464. The Bertz CT molecular complexity index is 1280. The lowest BCUT2D eigenvalue weighted by atomic mass is 9.93. The third-order valence-electron chi connectivity index (χ3n) is 5.50. The molecule has 0 radical (unpaired) electrons. The molecule has 33 heavy (non-hydrogen) atoms. The number of hydrogen-bond donors (Lipinski definition) is 3. The van der Waals surface area contributed by atoms with Crippen LogP contribution in [0.3, 0.4) is 0 Å². The van der Waals surface area contributed by atoms with E-state index in [2.05, 4.69) is 10.3 Å². The highest BCUT2D eigenvalue weighted by Gasteiger charge is 2.29. The Morgan fingerprint density at radius 1 is 1.30 bits per heavy atom. The number of rotatable bonds is 3. The summed E-state index contributed by atoms with van der Waals surface area (Å²) in [6.45, 7) is 3.88. The Kier molecular flexibility index (Phi) is 7.61. The zero-order chi connectivity index (χ0) is 24.3. The molecule has 0 saturated carbocycles. The summed E-state index contributed by atoms with van der Waals surface area (Å²) in [6.07, 6.45) is 0.651. The molecule has 7 nitrogen and oxygen atoms in total. The van der Waals surface area contributed by atoms with E-state index in [0.717, 1.165) is 11.1 Å². The van der Waals surface area contributed by atoms with Gasteiger partial charge in [-0.25, -0.2) is 4.39 Å². The van der Waals surface area contributed by atoms with Crippen molar-refractivity contribution in [2.75, 3.05) is 18.4 Å². The van der Waals surface area contributed by atoms with Gasteiger partial charge >= 0.3 is 0 Å². The topological polar surface area (TPSA) is 103 Å². The van der Waals surface area contributed by atoms with Crippen LogP contribution in [0.25, 0.3) is 10.8 Å². The van der Waals surface area contributed by atoms with Crippen molar-refractivity contribution < 1.29 is 19.1 Å². The highest BCUT2D eigenvalue weighted by Crippen LogP contribution is 2.37. The van der Waals surface area contributed by atoms with Crippen LogP contribution in [0.4, 0.5) is 10.1 Å². The first-order valence-electron chi connectivity index (χ1n) is 10.1. The van der Waals surface area contributed by atoms with E-state index >= 15 is 0 Å². The number of aromatic nitrogens is 1. The Morgan fingerprint density at radius 3 is 2.70 bits per heavy atom. The third-order valence-corrected chi connectivity index (χ3v) is 6.04. The minimum Gasteiger partial charge on any atom is -0.483 e. The molecule has 3 N–H and O–H groups in total. The van der Waals surface area contributed by atoms with Crippen molar-refractivity contribution in [2.24, 2.45) is 0 Å². The first-order chi connectivity index (χ1) is 15.7. The number of nitrogens with zero attached hydrogens (tertiary/aromatic N) is 1. The molecule has 3 aromatic rings. The van der Waals surface area contributed by atoms with Crippen LogP contribution in [-0.2, 0) is 16.0 Å². The number of H-pyrrole nitrogens is 1. The smallest absolute Gasteiger partial charge is 0.290 e. The van der Waals surface area contributed by atoms with Gasteiger partial charge in [0, 0.05) is 22.3 Å². The van der Waals surface area contributed by atoms with Crippen molar-refractivity contribution >= 4 is 52.0 Å². The summed E-state index contributed by atoms with van der Waals surface area (Å²) in [6, 6.07) is 7.85. The Hall–Kier alpha value is -3.10. The average Bonchev–Trinajstić information content (AvgIpc) is 2.73. The van der Waals surface area contributed by atoms with Gasteiger partial charge in [0.25, 0.3) is 12.0 Å². The van der Waals surface area contributed by atoms with Crippen molar-refractivity contribution in [3.63, 3.8) is 0 Å². The number of carboxylic acid groups (broad SMARTS) is 1. The second-order valence-corrected chi connectivity index (χ2v) is 8.48. The molecule has 2 heterocycles. The molecule has 0 aliphatic carbocycles. The Morgan fingerprint density at radius 2 is 2.00 bits per heavy atom. The van der Waals surface area contributed by atoms with Gasteiger partial charge in [-0.2, -0.15) is 0 Å². The van der Waals surface area contributed by atoms with Crippen LogP contribution < -0.4 is 10.9 Å². The first-order valence-corrected chi connectivity index (χ1v) is 10.8. The zero-order valence-electron chi connectivity index (χ0n) is 17.9. The summed E-state index contributed by atoms with van der Waals surface area (Å²) in [5.41, 5.74) is 2.45. The maximum Gasteiger partial charge on any atom is 0.290 e. The van der Waals surface area contributed by atoms with E-state index in [0.29, 0.717) is 34.1 Å². The Labute approximate surface area is 199 Å². The average molecular weight is 494 g/mol. The molecule has 1 aromatic heterocycles. The predicted octanol–water partition coefficient (Wildman–Crippen LogP) is 4.54. The summed E-state index contributed by atoms with van der Waals surface area (Å²) >= 11 is 12.5. The lowest BCUT2D eigenvalue weighted by Crippen LogP contribution is -2.42. The van der Waals surface area contributed by atoms with Crippen LogP contribution in [0, 0.1) is 12.7 Å². The normalized spacial score (nSPS) is 14.8. The lowest BCUT2D eigenvalue weighted by molar-refractivity contribution is -0.131. The molecular formula is C23H22Cl2FN3O4. The van der Waals surface area contributed by atoms with Crippen molar-refractivity contribution in [1.82, 2.24) is 9.88 Å². The number of aromatic amines is 1. The number of hydrogen-bond acceptors (Lipinski definition) is 4. The number of fused-ring (bicyclic) bond motifs is 2. The number of anilines is 1. The molecule has 0 spiro atoms. The molecule has 1 aliphatic heterocycles. The number of carbonyl (C=O) groups is 2. The molecule has 1 amide bonds. The number of carbonyl (C=O) groups excluding carboxylic acids is 1. The second kappa shape index (κ2) is 10.2. The minimum absolute atomic E-state index is 0.0739. The van der Waals surface area contributed by atoms with E-state index in [1.54, 1.807) is 30.0 Å². The van der Waals surface area contributed by atoms with Gasteiger partial charge in [-0.1, -0.05) is 23.2 Å². The largest absolute Gasteiger partial charge is 0.483 e. The highest BCUT2D eigenvalue weighted by molar-refractivity contribution is 6.35. The van der Waals surface area contributed by atoms with Gasteiger partial charge in [0.05, 0.1) is 23.7 Å². The number of benzene rings is 2. The molecule has 174 valence electrons. The van der Waals surface area contributed by atoms with Crippen molar-refractivity contribution in [3.8, 4) is 0 Å². The summed E-state index contributed by atoms with van der Waals surface area (Å²) in [4.78, 5) is 37.6. The summed E-state index contributed by atoms with van der Waals surface area (Å²) in [5.74, 6) is -0.750. The van der Waals surface area contributed by atoms with E-state index in [-0.39, 0.29) is 41.6 Å². The van der Waals surface area contributed by atoms with Gasteiger partial charge in [0.2, 0.25) is 5.91 Å². The van der Waals surface area contributed by atoms with Crippen molar-refractivity contribution in [3.05, 3.63) is 73.4 Å². The first kappa shape index (κ1) is 24.5. The minimum atomic E-state index is -0.584. The molecule has 0 saturated heterocycles. The van der Waals surface area contributed by atoms with Gasteiger partial charge in [0.1, 0.15) is 5.82 Å². The van der Waals surface area contributed by atoms with E-state index in [1.807, 2.05) is 13.0 Å². The van der Waals surface area contributed by atoms with Gasteiger partial charge in [-0.3, -0.25) is 14.4 Å². The monoisotopic (exact) mass is 493 g/mol. The Balaban J connectivity index is 0.000000968. The number of amides is 1. The molecule has 2 aromatic carbocycles. The van der Waals surface area contributed by atoms with E-state index in [4.69, 9.17) is 33.1 Å². The molecule has 1 unspecified atom stereocenters. The molecule has 1 aliphatic rings. The third kappa shape index (κ3) is 5.29. The highest BCUT2D eigenvalue weighted by atomic mass is 35.5. The fraction of sp³-hybridized carbons (Fsp3) is 0.261. The van der Waals surface area contributed by atoms with Crippen LogP contribution in [0.15, 0.2) is 35.1 Å². The van der Waals surface area contributed by atoms with Gasteiger partial charge in [-0.15, -0.1) is 0 Å².